The van der Waals surface area contributed by atoms with E-state index < -0.39 is 53.8 Å². The van der Waals surface area contributed by atoms with Crippen molar-refractivity contribution in [3.05, 3.63) is 72.5 Å². The van der Waals surface area contributed by atoms with Crippen molar-refractivity contribution in [3.63, 3.8) is 0 Å². The Labute approximate surface area is 250 Å². The predicted molar refractivity (Wildman–Crippen MR) is 156 cm³/mol. The van der Waals surface area contributed by atoms with Gasteiger partial charge in [-0.1, -0.05) is 18.2 Å². The van der Waals surface area contributed by atoms with Crippen LogP contribution in [0.1, 0.15) is 29.8 Å². The molecule has 4 aromatic rings. The molecule has 16 heteroatoms. The van der Waals surface area contributed by atoms with E-state index in [1.807, 2.05) is 24.3 Å². The number of para-hydroxylation sites is 1. The minimum absolute atomic E-state index is 0.0164. The van der Waals surface area contributed by atoms with Gasteiger partial charge in [-0.3, -0.25) is 19.2 Å². The number of rotatable bonds is 16. The molecule has 1 aromatic carbocycles. The summed E-state index contributed by atoms with van der Waals surface area (Å²) in [6, 6.07) is 2.48. The van der Waals surface area contributed by atoms with Gasteiger partial charge in [0.1, 0.15) is 18.1 Å². The average Bonchev–Trinajstić information content (AvgIpc) is 3.78. The fourth-order valence-corrected chi connectivity index (χ4v) is 4.62. The molecular weight excluding hydrogens is 572 g/mol. The van der Waals surface area contributed by atoms with Crippen molar-refractivity contribution in [3.8, 4) is 0 Å². The monoisotopic (exact) mass is 606 g/mol. The Morgan fingerprint density at radius 3 is 1.91 bits per heavy atom. The first-order valence-electron chi connectivity index (χ1n) is 13.8. The molecule has 0 bridgehead atoms. The number of benzene rings is 1. The quantitative estimate of drug-likeness (QED) is 0.0738. The minimum Gasteiger partial charge on any atom is -0.480 e. The summed E-state index contributed by atoms with van der Waals surface area (Å²) in [4.78, 5) is 79.9. The topological polar surface area (TPSA) is 267 Å². The number of carboxylic acids is 1. The smallest absolute Gasteiger partial charge is 0.326 e. The lowest BCUT2D eigenvalue weighted by Gasteiger charge is -2.25. The third kappa shape index (κ3) is 8.51. The van der Waals surface area contributed by atoms with E-state index in [0.29, 0.717) is 17.0 Å². The van der Waals surface area contributed by atoms with Crippen molar-refractivity contribution in [1.82, 2.24) is 40.9 Å². The van der Waals surface area contributed by atoms with E-state index in [-0.39, 0.29) is 32.1 Å². The zero-order chi connectivity index (χ0) is 31.6. The lowest BCUT2D eigenvalue weighted by Crippen LogP contribution is -2.58. The van der Waals surface area contributed by atoms with Gasteiger partial charge in [0.25, 0.3) is 0 Å². The molecule has 3 heterocycles. The number of hydrogen-bond donors (Lipinski definition) is 9. The Bertz CT molecular complexity index is 1580. The zero-order valence-corrected chi connectivity index (χ0v) is 23.6. The average molecular weight is 607 g/mol. The maximum atomic E-state index is 13.6. The molecule has 4 rings (SSSR count). The molecule has 0 aliphatic carbocycles. The summed E-state index contributed by atoms with van der Waals surface area (Å²) in [5.41, 5.74) is 13.6. The molecule has 232 valence electrons. The second-order valence-electron chi connectivity index (χ2n) is 10.3. The van der Waals surface area contributed by atoms with Crippen LogP contribution >= 0.6 is 0 Å². The Hall–Kier alpha value is -5.51. The van der Waals surface area contributed by atoms with Crippen molar-refractivity contribution in [2.75, 3.05) is 0 Å². The highest BCUT2D eigenvalue weighted by atomic mass is 16.4. The predicted octanol–water partition coefficient (Wildman–Crippen LogP) is -1.23. The van der Waals surface area contributed by atoms with E-state index in [0.717, 1.165) is 10.9 Å². The van der Waals surface area contributed by atoms with E-state index >= 15 is 0 Å². The van der Waals surface area contributed by atoms with E-state index in [1.165, 1.54) is 25.0 Å². The van der Waals surface area contributed by atoms with Gasteiger partial charge in [0.2, 0.25) is 23.6 Å². The number of aromatic amines is 3. The first-order valence-corrected chi connectivity index (χ1v) is 13.8. The van der Waals surface area contributed by atoms with Crippen LogP contribution in [-0.4, -0.2) is 83.8 Å². The number of primary amides is 1. The molecule has 0 radical (unpaired) electrons. The molecule has 16 nitrogen and oxygen atoms in total. The van der Waals surface area contributed by atoms with Crippen LogP contribution in [0.3, 0.4) is 0 Å². The Balaban J connectivity index is 1.51. The van der Waals surface area contributed by atoms with Crippen LogP contribution in [0.15, 0.2) is 55.5 Å². The molecule has 11 N–H and O–H groups in total. The first-order chi connectivity index (χ1) is 21.1. The molecular formula is C28H34N10O6. The molecule has 0 saturated heterocycles. The molecule has 3 aromatic heterocycles. The van der Waals surface area contributed by atoms with Crippen molar-refractivity contribution < 1.29 is 29.1 Å². The number of carboxylic acid groups (broad SMARTS) is 1. The van der Waals surface area contributed by atoms with Crippen molar-refractivity contribution in [2.24, 2.45) is 11.5 Å². The maximum Gasteiger partial charge on any atom is 0.326 e. The number of hydrogen-bond acceptors (Lipinski definition) is 8. The van der Waals surface area contributed by atoms with Gasteiger partial charge in [-0.2, -0.15) is 0 Å². The first kappa shape index (κ1) is 31.4. The molecule has 0 fully saturated rings. The summed E-state index contributed by atoms with van der Waals surface area (Å²) >= 11 is 0. The number of nitrogens with two attached hydrogens (primary N) is 2. The van der Waals surface area contributed by atoms with Gasteiger partial charge in [-0.05, 0) is 18.1 Å². The van der Waals surface area contributed by atoms with Gasteiger partial charge >= 0.3 is 5.97 Å². The van der Waals surface area contributed by atoms with Gasteiger partial charge < -0.3 is 47.5 Å². The Morgan fingerprint density at radius 2 is 1.36 bits per heavy atom. The van der Waals surface area contributed by atoms with E-state index in [4.69, 9.17) is 11.5 Å². The molecule has 4 atom stereocenters. The summed E-state index contributed by atoms with van der Waals surface area (Å²) < 4.78 is 0. The second kappa shape index (κ2) is 14.6. The van der Waals surface area contributed by atoms with Gasteiger partial charge in [0.05, 0.1) is 18.7 Å². The van der Waals surface area contributed by atoms with Crippen LogP contribution < -0.4 is 27.4 Å². The van der Waals surface area contributed by atoms with Crippen LogP contribution in [0.4, 0.5) is 0 Å². The number of nitrogens with one attached hydrogen (secondary N) is 6. The van der Waals surface area contributed by atoms with Gasteiger partial charge in [-0.15, -0.1) is 0 Å². The number of H-pyrrole nitrogens is 3. The van der Waals surface area contributed by atoms with E-state index in [2.05, 4.69) is 40.9 Å². The Morgan fingerprint density at radius 1 is 0.795 bits per heavy atom. The maximum absolute atomic E-state index is 13.6. The van der Waals surface area contributed by atoms with E-state index in [1.54, 1.807) is 6.20 Å². The number of fused-ring (bicyclic) bond motifs is 1. The Kier molecular flexibility index (Phi) is 10.4. The highest BCUT2D eigenvalue weighted by molar-refractivity contribution is 5.94. The van der Waals surface area contributed by atoms with Crippen molar-refractivity contribution >= 4 is 40.5 Å². The normalized spacial score (nSPS) is 13.8. The fraction of sp³-hybridized carbons (Fsp3) is 0.321. The highest BCUT2D eigenvalue weighted by Gasteiger charge is 2.31. The largest absolute Gasteiger partial charge is 0.480 e. The molecule has 4 unspecified atom stereocenters. The van der Waals surface area contributed by atoms with Crippen LogP contribution in [0.2, 0.25) is 0 Å². The number of aliphatic carboxylic acids is 1. The number of carbonyl (C=O) groups is 5. The minimum atomic E-state index is -1.31. The number of nitrogens with zero attached hydrogens (tertiary/aromatic N) is 2. The molecule has 44 heavy (non-hydrogen) atoms. The fourth-order valence-electron chi connectivity index (χ4n) is 4.62. The van der Waals surface area contributed by atoms with Gasteiger partial charge in [0.15, 0.2) is 0 Å². The second-order valence-corrected chi connectivity index (χ2v) is 10.3. The van der Waals surface area contributed by atoms with Crippen LogP contribution in [0.5, 0.6) is 0 Å². The summed E-state index contributed by atoms with van der Waals surface area (Å²) in [6.45, 7) is 0. The lowest BCUT2D eigenvalue weighted by molar-refractivity contribution is -0.142. The molecule has 0 aliphatic rings. The molecule has 0 saturated carbocycles. The molecule has 4 amide bonds. The van der Waals surface area contributed by atoms with Gasteiger partial charge in [0, 0.05) is 66.6 Å². The molecule has 0 spiro atoms. The van der Waals surface area contributed by atoms with Crippen LogP contribution in [0.25, 0.3) is 10.9 Å². The van der Waals surface area contributed by atoms with Crippen molar-refractivity contribution in [1.29, 1.82) is 0 Å². The lowest BCUT2D eigenvalue weighted by atomic mass is 10.0. The van der Waals surface area contributed by atoms with Gasteiger partial charge in [-0.25, -0.2) is 14.8 Å². The number of amides is 4. The number of carbonyl (C=O) groups excluding carboxylic acids is 4. The van der Waals surface area contributed by atoms with E-state index in [9.17, 15) is 29.1 Å². The standard InChI is InChI=1S/C28H34N10O6/c29-19(5-6-24(30)39)25(40)36-21(8-16-11-31-13-34-16)26(41)37-22(9-17-12-32-14-35-17)27(42)38-23(28(43)44)7-15-10-33-20-4-2-1-3-18(15)20/h1-4,10-14,19,21-23,33H,5-9,29H2,(H2,30,39)(H,31,34)(H,32,35)(H,36,40)(H,37,41)(H,38,42)(H,43,44). The van der Waals surface area contributed by atoms with Crippen LogP contribution in [-0.2, 0) is 43.2 Å². The highest BCUT2D eigenvalue weighted by Crippen LogP contribution is 2.19. The summed E-state index contributed by atoms with van der Waals surface area (Å²) in [7, 11) is 0. The number of imidazole rings is 2. The summed E-state index contributed by atoms with van der Waals surface area (Å²) in [5.74, 6) is -4.09. The van der Waals surface area contributed by atoms with Crippen LogP contribution in [0, 0.1) is 0 Å². The third-order valence-electron chi connectivity index (χ3n) is 6.98. The number of aromatic nitrogens is 5. The molecule has 0 aliphatic heterocycles. The zero-order valence-electron chi connectivity index (χ0n) is 23.6. The van der Waals surface area contributed by atoms with Crippen molar-refractivity contribution in [2.45, 2.75) is 56.3 Å². The third-order valence-corrected chi connectivity index (χ3v) is 6.98. The summed E-state index contributed by atoms with van der Waals surface area (Å²) in [5, 5.41) is 18.5. The SMILES string of the molecule is NC(=O)CCC(N)C(=O)NC(Cc1cnc[nH]1)C(=O)NC(Cc1cnc[nH]1)C(=O)NC(Cc1c[nH]c2ccccc12)C(=O)O. The summed E-state index contributed by atoms with van der Waals surface area (Å²) in [6.07, 6.45) is 7.17.